The molecule has 0 aliphatic heterocycles. The average molecular weight is 386 g/mol. The summed E-state index contributed by atoms with van der Waals surface area (Å²) in [6.07, 6.45) is 1.27. The highest BCUT2D eigenvalue weighted by molar-refractivity contribution is 6.38. The van der Waals surface area contributed by atoms with Crippen LogP contribution in [0.15, 0.2) is 29.2 Å². The highest BCUT2D eigenvalue weighted by Crippen LogP contribution is 2.33. The smallest absolute Gasteiger partial charge is 0.212 e. The largest absolute Gasteiger partial charge is 0.402 e. The number of carbonyl (C=O) groups is 2. The van der Waals surface area contributed by atoms with Gasteiger partial charge < -0.3 is 16.8 Å². The predicted molar refractivity (Wildman–Crippen MR) is 105 cm³/mol. The predicted octanol–water partition coefficient (Wildman–Crippen LogP) is 3.78. The van der Waals surface area contributed by atoms with Crippen LogP contribution < -0.4 is 16.8 Å². The van der Waals surface area contributed by atoms with Crippen LogP contribution in [-0.4, -0.2) is 12.2 Å². The summed E-state index contributed by atoms with van der Waals surface area (Å²) in [4.78, 5) is 21.3. The molecule has 25 heavy (non-hydrogen) atoms. The summed E-state index contributed by atoms with van der Waals surface area (Å²) in [7, 11) is 0. The summed E-state index contributed by atoms with van der Waals surface area (Å²) < 4.78 is 0. The Bertz CT molecular complexity index is 703. The van der Waals surface area contributed by atoms with Crippen molar-refractivity contribution < 1.29 is 9.59 Å². The van der Waals surface area contributed by atoms with Crippen molar-refractivity contribution in [1.29, 1.82) is 0 Å². The summed E-state index contributed by atoms with van der Waals surface area (Å²) in [6.45, 7) is 8.77. The van der Waals surface area contributed by atoms with Crippen LogP contribution in [0, 0.1) is 0 Å². The molecule has 7 heteroatoms. The van der Waals surface area contributed by atoms with Gasteiger partial charge in [0.15, 0.2) is 5.78 Å². The number of hydrogen-bond acceptors (Lipinski definition) is 4. The standard InChI is InChI=1S/C13H15Cl2NO.C5H10N2O/c1-4-9-11(14)6-5-10(13(9)15)12(7(2)16)8(3)17;1-4(2)5(6)7-3-8/h5-6H,4,16H2,1-3H3;3H,6H2,1-2H3,(H,7,8)/b12-7+;. The van der Waals surface area contributed by atoms with Gasteiger partial charge in [-0.25, -0.2) is 0 Å². The second-order valence-corrected chi connectivity index (χ2v) is 6.32. The fourth-order valence-electron chi connectivity index (χ4n) is 2.00. The molecule has 0 saturated heterocycles. The average Bonchev–Trinajstić information content (AvgIpc) is 2.50. The molecule has 5 N–H and O–H groups in total. The first-order valence-electron chi connectivity index (χ1n) is 7.66. The van der Waals surface area contributed by atoms with Crippen molar-refractivity contribution >= 4 is 41.0 Å². The van der Waals surface area contributed by atoms with E-state index >= 15 is 0 Å². The summed E-state index contributed by atoms with van der Waals surface area (Å²) in [6, 6.07) is 3.48. The lowest BCUT2D eigenvalue weighted by Crippen LogP contribution is -2.18. The quantitative estimate of drug-likeness (QED) is 0.530. The SMILES string of the molecule is CC(C)=C(N)NC=O.CCc1c(Cl)ccc(/C(C(C)=O)=C(\C)N)c1Cl. The van der Waals surface area contributed by atoms with Gasteiger partial charge in [0.1, 0.15) is 5.82 Å². The number of carbonyl (C=O) groups excluding carboxylic acids is 2. The van der Waals surface area contributed by atoms with E-state index in [9.17, 15) is 9.59 Å². The maximum Gasteiger partial charge on any atom is 0.212 e. The Morgan fingerprint density at radius 3 is 2.04 bits per heavy atom. The van der Waals surface area contributed by atoms with Crippen LogP contribution in [-0.2, 0) is 16.0 Å². The van der Waals surface area contributed by atoms with E-state index in [1.54, 1.807) is 19.1 Å². The zero-order chi connectivity index (χ0) is 19.7. The number of benzene rings is 1. The van der Waals surface area contributed by atoms with Crippen molar-refractivity contribution in [2.75, 3.05) is 0 Å². The molecule has 1 aromatic rings. The van der Waals surface area contributed by atoms with Gasteiger partial charge in [0.25, 0.3) is 0 Å². The van der Waals surface area contributed by atoms with Crippen LogP contribution in [0.2, 0.25) is 10.0 Å². The third kappa shape index (κ3) is 6.80. The number of amides is 1. The van der Waals surface area contributed by atoms with Crippen LogP contribution in [0.5, 0.6) is 0 Å². The second kappa shape index (κ2) is 10.8. The number of halogens is 2. The summed E-state index contributed by atoms with van der Waals surface area (Å²) in [5.74, 6) is 0.330. The molecule has 5 nitrogen and oxygen atoms in total. The molecule has 0 atom stereocenters. The van der Waals surface area contributed by atoms with Gasteiger partial charge in [-0.1, -0.05) is 36.2 Å². The van der Waals surface area contributed by atoms with E-state index in [2.05, 4.69) is 5.32 Å². The fourth-order valence-corrected chi connectivity index (χ4v) is 2.73. The minimum absolute atomic E-state index is 0.101. The normalized spacial score (nSPS) is 10.8. The first-order valence-corrected chi connectivity index (χ1v) is 8.41. The molecule has 138 valence electrons. The molecule has 0 unspecified atom stereocenters. The van der Waals surface area contributed by atoms with Crippen LogP contribution in [0.1, 0.15) is 45.7 Å². The molecule has 0 aliphatic carbocycles. The van der Waals surface area contributed by atoms with Crippen molar-refractivity contribution in [2.45, 2.75) is 41.0 Å². The van der Waals surface area contributed by atoms with Crippen molar-refractivity contribution in [3.8, 4) is 0 Å². The lowest BCUT2D eigenvalue weighted by Gasteiger charge is -2.13. The van der Waals surface area contributed by atoms with E-state index in [0.717, 1.165) is 11.1 Å². The Hall–Kier alpha value is -1.98. The maximum absolute atomic E-state index is 11.6. The van der Waals surface area contributed by atoms with Crippen molar-refractivity contribution in [2.24, 2.45) is 11.5 Å². The molecule has 0 saturated carbocycles. The number of rotatable bonds is 5. The van der Waals surface area contributed by atoms with E-state index < -0.39 is 0 Å². The lowest BCUT2D eigenvalue weighted by atomic mass is 9.98. The van der Waals surface area contributed by atoms with Gasteiger partial charge in [-0.15, -0.1) is 0 Å². The molecule has 0 radical (unpaired) electrons. The Morgan fingerprint density at radius 2 is 1.72 bits per heavy atom. The molecular formula is C18H25Cl2N3O2. The Kier molecular flexibility index (Phi) is 9.94. The molecule has 0 spiro atoms. The molecule has 0 aliphatic rings. The molecule has 1 rings (SSSR count). The number of ketones is 1. The minimum atomic E-state index is -0.101. The third-order valence-electron chi connectivity index (χ3n) is 3.31. The number of hydrogen-bond donors (Lipinski definition) is 3. The molecule has 1 aromatic carbocycles. The monoisotopic (exact) mass is 385 g/mol. The molecule has 0 bridgehead atoms. The maximum atomic E-state index is 11.6. The summed E-state index contributed by atoms with van der Waals surface area (Å²) in [5.41, 5.74) is 14.3. The molecule has 0 heterocycles. The Balaban J connectivity index is 0.000000609. The van der Waals surface area contributed by atoms with Gasteiger partial charge in [-0.2, -0.15) is 0 Å². The van der Waals surface area contributed by atoms with E-state index in [-0.39, 0.29) is 5.78 Å². The van der Waals surface area contributed by atoms with Gasteiger partial charge in [0, 0.05) is 21.9 Å². The van der Waals surface area contributed by atoms with Gasteiger partial charge in [0.05, 0.1) is 5.02 Å². The molecule has 0 aromatic heterocycles. The van der Waals surface area contributed by atoms with Crippen LogP contribution >= 0.6 is 23.2 Å². The third-order valence-corrected chi connectivity index (χ3v) is 4.09. The van der Waals surface area contributed by atoms with E-state index in [1.165, 1.54) is 6.92 Å². The van der Waals surface area contributed by atoms with Gasteiger partial charge in [-0.3, -0.25) is 9.59 Å². The Morgan fingerprint density at radius 1 is 1.16 bits per heavy atom. The highest BCUT2D eigenvalue weighted by atomic mass is 35.5. The zero-order valence-electron chi connectivity index (χ0n) is 15.2. The van der Waals surface area contributed by atoms with Crippen molar-refractivity contribution in [1.82, 2.24) is 5.32 Å². The molecule has 0 fully saturated rings. The van der Waals surface area contributed by atoms with Crippen molar-refractivity contribution in [3.05, 3.63) is 50.4 Å². The first kappa shape index (κ1) is 23.0. The van der Waals surface area contributed by atoms with E-state index in [0.29, 0.717) is 45.5 Å². The summed E-state index contributed by atoms with van der Waals surface area (Å²) in [5, 5.41) is 3.44. The second-order valence-electron chi connectivity index (χ2n) is 5.53. The molecular weight excluding hydrogens is 361 g/mol. The number of nitrogens with one attached hydrogen (secondary N) is 1. The van der Waals surface area contributed by atoms with Gasteiger partial charge >= 0.3 is 0 Å². The van der Waals surface area contributed by atoms with Crippen LogP contribution in [0.3, 0.4) is 0 Å². The Labute approximate surface area is 159 Å². The zero-order valence-corrected chi connectivity index (χ0v) is 16.7. The van der Waals surface area contributed by atoms with Crippen LogP contribution in [0.25, 0.3) is 5.57 Å². The lowest BCUT2D eigenvalue weighted by molar-refractivity contribution is -0.112. The topological polar surface area (TPSA) is 98.2 Å². The first-order chi connectivity index (χ1) is 11.6. The highest BCUT2D eigenvalue weighted by Gasteiger charge is 2.16. The van der Waals surface area contributed by atoms with Gasteiger partial charge in [0.2, 0.25) is 6.41 Å². The molecule has 1 amide bonds. The van der Waals surface area contributed by atoms with E-state index in [1.807, 2.05) is 20.8 Å². The minimum Gasteiger partial charge on any atom is -0.402 e. The van der Waals surface area contributed by atoms with Crippen molar-refractivity contribution in [3.63, 3.8) is 0 Å². The van der Waals surface area contributed by atoms with E-state index in [4.69, 9.17) is 34.7 Å². The van der Waals surface area contributed by atoms with Crippen LogP contribution in [0.4, 0.5) is 0 Å². The number of nitrogens with two attached hydrogens (primary N) is 2. The number of Topliss-reactive ketones (excluding diaryl/α,β-unsaturated/α-hetero) is 1. The fraction of sp³-hybridized carbons (Fsp3) is 0.333. The number of allylic oxidation sites excluding steroid dienone is 3. The summed E-state index contributed by atoms with van der Waals surface area (Å²) >= 11 is 12.3. The van der Waals surface area contributed by atoms with Gasteiger partial charge in [-0.05, 0) is 51.3 Å².